The van der Waals surface area contributed by atoms with Crippen molar-refractivity contribution < 1.29 is 0 Å². The van der Waals surface area contributed by atoms with Crippen LogP contribution in [0.3, 0.4) is 0 Å². The average molecular weight is 191 g/mol. The summed E-state index contributed by atoms with van der Waals surface area (Å²) in [6.07, 6.45) is 5.14. The molecule has 0 aliphatic carbocycles. The molecule has 0 atom stereocenters. The largest absolute Gasteiger partial charge is 0.100 e. The molecule has 0 aromatic carbocycles. The van der Waals surface area contributed by atoms with E-state index < -0.39 is 0 Å². The molecule has 0 aromatic heterocycles. The van der Waals surface area contributed by atoms with Gasteiger partial charge in [-0.15, -0.1) is 6.58 Å². The number of unbranched alkanes of at least 4 members (excludes halogenated alkanes) is 2. The molecule has 0 amide bonds. The Morgan fingerprint density at radius 3 is 2.44 bits per heavy atom. The zero-order valence-corrected chi connectivity index (χ0v) is 7.71. The van der Waals surface area contributed by atoms with Crippen molar-refractivity contribution in [1.29, 1.82) is 0 Å². The Hall–Kier alpha value is 0.220. The lowest BCUT2D eigenvalue weighted by atomic mass is 10.1. The fourth-order valence-corrected chi connectivity index (χ4v) is 1.09. The maximum absolute atomic E-state index is 3.84. The number of halogens is 1. The third-order valence-corrected chi connectivity index (χ3v) is 1.80. The molecule has 0 nitrogen and oxygen atoms in total. The second kappa shape index (κ2) is 6.34. The molecule has 0 aromatic rings. The summed E-state index contributed by atoms with van der Waals surface area (Å²) in [5, 5.41) is 1.14. The van der Waals surface area contributed by atoms with Crippen LogP contribution in [0.5, 0.6) is 0 Å². The van der Waals surface area contributed by atoms with Gasteiger partial charge in [-0.3, -0.25) is 0 Å². The summed E-state index contributed by atoms with van der Waals surface area (Å²) in [7, 11) is 0. The van der Waals surface area contributed by atoms with Crippen molar-refractivity contribution in [2.75, 3.05) is 5.33 Å². The Balaban J connectivity index is 2.83. The van der Waals surface area contributed by atoms with E-state index in [9.17, 15) is 0 Å². The highest BCUT2D eigenvalue weighted by Gasteiger charge is 1.87. The SMILES string of the molecule is C=C(C)CCCCCBr. The Kier molecular flexibility index (Phi) is 6.50. The molecule has 9 heavy (non-hydrogen) atoms. The molecular formula is C8H15Br. The van der Waals surface area contributed by atoms with Gasteiger partial charge in [0.2, 0.25) is 0 Å². The molecule has 0 N–H and O–H groups in total. The normalized spacial score (nSPS) is 9.56. The predicted molar refractivity (Wildman–Crippen MR) is 47.1 cm³/mol. The number of hydrogen-bond acceptors (Lipinski definition) is 0. The molecule has 0 aliphatic heterocycles. The van der Waals surface area contributed by atoms with Gasteiger partial charge in [0.1, 0.15) is 0 Å². The van der Waals surface area contributed by atoms with E-state index in [2.05, 4.69) is 29.4 Å². The fourth-order valence-electron chi connectivity index (χ4n) is 0.698. The summed E-state index contributed by atoms with van der Waals surface area (Å²) in [5.74, 6) is 0. The highest BCUT2D eigenvalue weighted by molar-refractivity contribution is 9.09. The summed E-state index contributed by atoms with van der Waals surface area (Å²) >= 11 is 3.39. The van der Waals surface area contributed by atoms with Crippen LogP contribution in [0, 0.1) is 0 Å². The van der Waals surface area contributed by atoms with Gasteiger partial charge in [-0.2, -0.15) is 0 Å². The maximum Gasteiger partial charge on any atom is 0.00313 e. The summed E-state index contributed by atoms with van der Waals surface area (Å²) in [6, 6.07) is 0. The quantitative estimate of drug-likeness (QED) is 0.354. The van der Waals surface area contributed by atoms with Crippen molar-refractivity contribution >= 4 is 15.9 Å². The first-order chi connectivity index (χ1) is 4.27. The van der Waals surface area contributed by atoms with Crippen LogP contribution < -0.4 is 0 Å². The minimum Gasteiger partial charge on any atom is -0.100 e. The lowest BCUT2D eigenvalue weighted by molar-refractivity contribution is 0.721. The molecular weight excluding hydrogens is 176 g/mol. The van der Waals surface area contributed by atoms with E-state index in [0.29, 0.717) is 0 Å². The van der Waals surface area contributed by atoms with Crippen LogP contribution in [0.4, 0.5) is 0 Å². The molecule has 54 valence electrons. The minimum absolute atomic E-state index is 1.14. The topological polar surface area (TPSA) is 0 Å². The van der Waals surface area contributed by atoms with Crippen molar-refractivity contribution in [2.45, 2.75) is 32.6 Å². The minimum atomic E-state index is 1.14. The van der Waals surface area contributed by atoms with E-state index in [1.807, 2.05) is 0 Å². The van der Waals surface area contributed by atoms with Gasteiger partial charge in [0.25, 0.3) is 0 Å². The summed E-state index contributed by atoms with van der Waals surface area (Å²) in [6.45, 7) is 5.93. The number of hydrogen-bond donors (Lipinski definition) is 0. The van der Waals surface area contributed by atoms with Gasteiger partial charge in [-0.1, -0.05) is 27.9 Å². The van der Waals surface area contributed by atoms with Gasteiger partial charge in [-0.25, -0.2) is 0 Å². The average Bonchev–Trinajstić information content (AvgIpc) is 1.80. The smallest absolute Gasteiger partial charge is 0.00313 e. The molecule has 0 unspecified atom stereocenters. The molecule has 0 bridgehead atoms. The van der Waals surface area contributed by atoms with E-state index >= 15 is 0 Å². The number of allylic oxidation sites excluding steroid dienone is 1. The summed E-state index contributed by atoms with van der Waals surface area (Å²) in [5.41, 5.74) is 1.31. The number of rotatable bonds is 5. The summed E-state index contributed by atoms with van der Waals surface area (Å²) < 4.78 is 0. The third kappa shape index (κ3) is 8.22. The van der Waals surface area contributed by atoms with Crippen molar-refractivity contribution in [2.24, 2.45) is 0 Å². The highest BCUT2D eigenvalue weighted by atomic mass is 79.9. The highest BCUT2D eigenvalue weighted by Crippen LogP contribution is 2.06. The first-order valence-electron chi connectivity index (χ1n) is 3.47. The molecule has 0 fully saturated rings. The second-order valence-electron chi connectivity index (χ2n) is 2.46. The second-order valence-corrected chi connectivity index (χ2v) is 3.25. The van der Waals surface area contributed by atoms with Crippen LogP contribution in [0.15, 0.2) is 12.2 Å². The van der Waals surface area contributed by atoms with E-state index in [4.69, 9.17) is 0 Å². The molecule has 0 aliphatic rings. The summed E-state index contributed by atoms with van der Waals surface area (Å²) in [4.78, 5) is 0. The molecule has 0 radical (unpaired) electrons. The van der Waals surface area contributed by atoms with Crippen molar-refractivity contribution in [3.05, 3.63) is 12.2 Å². The molecule has 1 heteroatoms. The lowest BCUT2D eigenvalue weighted by Gasteiger charge is -1.96. The zero-order chi connectivity index (χ0) is 7.11. The van der Waals surface area contributed by atoms with Crippen LogP contribution >= 0.6 is 15.9 Å². The molecule has 0 rings (SSSR count). The standard InChI is InChI=1S/C8H15Br/c1-8(2)6-4-3-5-7-9/h1,3-7H2,2H3. The van der Waals surface area contributed by atoms with E-state index in [-0.39, 0.29) is 0 Å². The maximum atomic E-state index is 3.84. The van der Waals surface area contributed by atoms with Gasteiger partial charge in [-0.05, 0) is 26.2 Å². The Bertz CT molecular complexity index is 76.6. The van der Waals surface area contributed by atoms with Gasteiger partial charge < -0.3 is 0 Å². The van der Waals surface area contributed by atoms with Gasteiger partial charge in [0.15, 0.2) is 0 Å². The van der Waals surface area contributed by atoms with Crippen LogP contribution in [0.2, 0.25) is 0 Å². The zero-order valence-electron chi connectivity index (χ0n) is 6.12. The molecule has 0 heterocycles. The van der Waals surface area contributed by atoms with Gasteiger partial charge in [0.05, 0.1) is 0 Å². The molecule has 0 spiro atoms. The van der Waals surface area contributed by atoms with Crippen LogP contribution in [-0.4, -0.2) is 5.33 Å². The Morgan fingerprint density at radius 2 is 2.00 bits per heavy atom. The van der Waals surface area contributed by atoms with E-state index in [0.717, 1.165) is 5.33 Å². The van der Waals surface area contributed by atoms with E-state index in [1.54, 1.807) is 0 Å². The number of alkyl halides is 1. The van der Waals surface area contributed by atoms with Crippen LogP contribution in [0.25, 0.3) is 0 Å². The van der Waals surface area contributed by atoms with Crippen molar-refractivity contribution in [1.82, 2.24) is 0 Å². The molecule has 0 saturated heterocycles. The molecule has 0 saturated carbocycles. The predicted octanol–water partition coefficient (Wildman–Crippen LogP) is 3.52. The van der Waals surface area contributed by atoms with E-state index in [1.165, 1.54) is 31.3 Å². The van der Waals surface area contributed by atoms with Crippen LogP contribution in [0.1, 0.15) is 32.6 Å². The van der Waals surface area contributed by atoms with Crippen molar-refractivity contribution in [3.63, 3.8) is 0 Å². The first-order valence-corrected chi connectivity index (χ1v) is 4.60. The van der Waals surface area contributed by atoms with Crippen LogP contribution in [-0.2, 0) is 0 Å². The Morgan fingerprint density at radius 1 is 1.33 bits per heavy atom. The van der Waals surface area contributed by atoms with Gasteiger partial charge >= 0.3 is 0 Å². The fraction of sp³-hybridized carbons (Fsp3) is 0.750. The Labute approximate surface area is 66.5 Å². The first kappa shape index (κ1) is 9.22. The van der Waals surface area contributed by atoms with Gasteiger partial charge in [0, 0.05) is 5.33 Å². The van der Waals surface area contributed by atoms with Crippen molar-refractivity contribution in [3.8, 4) is 0 Å². The lowest BCUT2D eigenvalue weighted by Crippen LogP contribution is -1.78. The third-order valence-electron chi connectivity index (χ3n) is 1.24. The monoisotopic (exact) mass is 190 g/mol.